The number of hydrogen-bond acceptors (Lipinski definition) is 6. The molecule has 0 radical (unpaired) electrons. The SMILES string of the molecule is CN1CC[C@@](O)(C#Cc2cccc(-c3cc(-c4cnccn4)cc(C(N)=O)n3)c2)C1=O. The molecule has 4 rings (SSSR count). The molecule has 3 heterocycles. The van der Waals surface area contributed by atoms with Gasteiger partial charge in [0.2, 0.25) is 5.60 Å². The summed E-state index contributed by atoms with van der Waals surface area (Å²) in [5, 5.41) is 10.5. The van der Waals surface area contributed by atoms with Crippen molar-refractivity contribution in [1.82, 2.24) is 19.9 Å². The lowest BCUT2D eigenvalue weighted by Gasteiger charge is -2.13. The van der Waals surface area contributed by atoms with Gasteiger partial charge in [0.1, 0.15) is 5.69 Å². The molecule has 3 N–H and O–H groups in total. The minimum absolute atomic E-state index is 0.101. The van der Waals surface area contributed by atoms with Crippen molar-refractivity contribution in [2.75, 3.05) is 13.6 Å². The quantitative estimate of drug-likeness (QED) is 0.623. The number of primary amides is 1. The number of aromatic nitrogens is 3. The number of carbonyl (C=O) groups excluding carboxylic acids is 2. The predicted molar refractivity (Wildman–Crippen MR) is 113 cm³/mol. The van der Waals surface area contributed by atoms with Crippen LogP contribution < -0.4 is 5.73 Å². The summed E-state index contributed by atoms with van der Waals surface area (Å²) < 4.78 is 0. The van der Waals surface area contributed by atoms with E-state index in [0.717, 1.165) is 0 Å². The van der Waals surface area contributed by atoms with Crippen molar-refractivity contribution in [3.8, 4) is 34.4 Å². The largest absolute Gasteiger partial charge is 0.369 e. The van der Waals surface area contributed by atoms with E-state index in [4.69, 9.17) is 5.73 Å². The number of pyridine rings is 1. The Morgan fingerprint density at radius 3 is 2.71 bits per heavy atom. The zero-order chi connectivity index (χ0) is 22.0. The molecule has 154 valence electrons. The first-order valence-corrected chi connectivity index (χ1v) is 9.55. The Balaban J connectivity index is 1.73. The van der Waals surface area contributed by atoms with Crippen LogP contribution >= 0.6 is 0 Å². The van der Waals surface area contributed by atoms with E-state index in [1.165, 1.54) is 4.90 Å². The monoisotopic (exact) mass is 413 g/mol. The smallest absolute Gasteiger partial charge is 0.267 e. The molecule has 3 aromatic rings. The van der Waals surface area contributed by atoms with Gasteiger partial charge in [-0.15, -0.1) is 0 Å². The summed E-state index contributed by atoms with van der Waals surface area (Å²) in [4.78, 5) is 38.1. The number of benzene rings is 1. The van der Waals surface area contributed by atoms with Crippen LogP contribution in [-0.2, 0) is 4.79 Å². The number of carbonyl (C=O) groups is 2. The summed E-state index contributed by atoms with van der Waals surface area (Å²) in [5.41, 5.74) is 6.93. The molecule has 1 saturated heterocycles. The van der Waals surface area contributed by atoms with E-state index in [-0.39, 0.29) is 12.1 Å². The number of rotatable bonds is 3. The fourth-order valence-corrected chi connectivity index (χ4v) is 3.30. The second-order valence-corrected chi connectivity index (χ2v) is 7.25. The molecule has 8 nitrogen and oxygen atoms in total. The fourth-order valence-electron chi connectivity index (χ4n) is 3.30. The van der Waals surface area contributed by atoms with Crippen LogP contribution in [0.3, 0.4) is 0 Å². The molecule has 0 aliphatic carbocycles. The van der Waals surface area contributed by atoms with Crippen molar-refractivity contribution < 1.29 is 14.7 Å². The Labute approximate surface area is 178 Å². The van der Waals surface area contributed by atoms with Gasteiger partial charge in [0, 0.05) is 49.1 Å². The number of nitrogens with zero attached hydrogens (tertiary/aromatic N) is 4. The second kappa shape index (κ2) is 7.97. The maximum Gasteiger partial charge on any atom is 0.267 e. The van der Waals surface area contributed by atoms with Gasteiger partial charge in [-0.1, -0.05) is 24.0 Å². The van der Waals surface area contributed by atoms with Gasteiger partial charge in [-0.25, -0.2) is 4.98 Å². The van der Waals surface area contributed by atoms with E-state index in [2.05, 4.69) is 26.8 Å². The number of hydrogen-bond donors (Lipinski definition) is 2. The minimum Gasteiger partial charge on any atom is -0.369 e. The number of amides is 2. The highest BCUT2D eigenvalue weighted by Gasteiger charge is 2.42. The van der Waals surface area contributed by atoms with Gasteiger partial charge in [0.05, 0.1) is 17.6 Å². The zero-order valence-corrected chi connectivity index (χ0v) is 16.7. The van der Waals surface area contributed by atoms with Gasteiger partial charge >= 0.3 is 0 Å². The molecule has 2 amide bonds. The second-order valence-electron chi connectivity index (χ2n) is 7.25. The molecule has 2 aromatic heterocycles. The van der Waals surface area contributed by atoms with Gasteiger partial charge in [-0.2, -0.15) is 0 Å². The number of likely N-dealkylation sites (N-methyl/N-ethyl adjacent to an activating group) is 1. The van der Waals surface area contributed by atoms with E-state index in [1.807, 2.05) is 6.07 Å². The highest BCUT2D eigenvalue weighted by Crippen LogP contribution is 2.26. The lowest BCUT2D eigenvalue weighted by atomic mass is 10.0. The van der Waals surface area contributed by atoms with Crippen LogP contribution in [0.2, 0.25) is 0 Å². The molecule has 0 spiro atoms. The van der Waals surface area contributed by atoms with Gasteiger partial charge in [-0.05, 0) is 24.3 Å². The molecule has 31 heavy (non-hydrogen) atoms. The van der Waals surface area contributed by atoms with Crippen molar-refractivity contribution in [2.24, 2.45) is 5.73 Å². The third kappa shape index (κ3) is 4.13. The summed E-state index contributed by atoms with van der Waals surface area (Å²) in [6.07, 6.45) is 4.96. The van der Waals surface area contributed by atoms with Crippen LogP contribution in [0.1, 0.15) is 22.5 Å². The van der Waals surface area contributed by atoms with Crippen molar-refractivity contribution >= 4 is 11.8 Å². The Kier molecular flexibility index (Phi) is 5.19. The molecule has 1 aliphatic rings. The maximum absolute atomic E-state index is 12.1. The molecule has 0 bridgehead atoms. The maximum atomic E-state index is 12.1. The van der Waals surface area contributed by atoms with Crippen LogP contribution in [0.5, 0.6) is 0 Å². The van der Waals surface area contributed by atoms with Gasteiger partial charge < -0.3 is 15.7 Å². The van der Waals surface area contributed by atoms with Gasteiger partial charge in [0.25, 0.3) is 11.8 Å². The Hall–Kier alpha value is -4.09. The van der Waals surface area contributed by atoms with Crippen molar-refractivity contribution in [1.29, 1.82) is 0 Å². The van der Waals surface area contributed by atoms with Gasteiger partial charge in [-0.3, -0.25) is 19.6 Å². The first kappa shape index (κ1) is 20.2. The summed E-state index contributed by atoms with van der Waals surface area (Å²) in [6, 6.07) is 10.5. The lowest BCUT2D eigenvalue weighted by molar-refractivity contribution is -0.137. The summed E-state index contributed by atoms with van der Waals surface area (Å²) in [7, 11) is 1.63. The number of nitrogens with two attached hydrogens (primary N) is 1. The molecule has 1 aliphatic heterocycles. The summed E-state index contributed by atoms with van der Waals surface area (Å²) in [6.45, 7) is 0.457. The van der Waals surface area contributed by atoms with Crippen molar-refractivity contribution in [2.45, 2.75) is 12.0 Å². The van der Waals surface area contributed by atoms with Gasteiger partial charge in [0.15, 0.2) is 0 Å². The van der Waals surface area contributed by atoms with Crippen LogP contribution in [0.15, 0.2) is 55.0 Å². The Morgan fingerprint density at radius 2 is 2.03 bits per heavy atom. The third-order valence-corrected chi connectivity index (χ3v) is 5.02. The predicted octanol–water partition coefficient (Wildman–Crippen LogP) is 1.25. The highest BCUT2D eigenvalue weighted by molar-refractivity contribution is 5.93. The average molecular weight is 413 g/mol. The highest BCUT2D eigenvalue weighted by atomic mass is 16.3. The van der Waals surface area contributed by atoms with Crippen LogP contribution in [-0.4, -0.2) is 56.0 Å². The molecular formula is C23H19N5O3. The molecule has 0 unspecified atom stereocenters. The molecule has 0 saturated carbocycles. The van der Waals surface area contributed by atoms with Crippen LogP contribution in [0.25, 0.3) is 22.5 Å². The van der Waals surface area contributed by atoms with Crippen LogP contribution in [0.4, 0.5) is 0 Å². The Bertz CT molecular complexity index is 1230. The zero-order valence-electron chi connectivity index (χ0n) is 16.7. The van der Waals surface area contributed by atoms with Crippen molar-refractivity contribution in [3.63, 3.8) is 0 Å². The number of aliphatic hydroxyl groups is 1. The van der Waals surface area contributed by atoms with Crippen LogP contribution in [0, 0.1) is 11.8 Å². The van der Waals surface area contributed by atoms with Crippen molar-refractivity contribution in [3.05, 3.63) is 66.2 Å². The fraction of sp³-hybridized carbons (Fsp3) is 0.174. The third-order valence-electron chi connectivity index (χ3n) is 5.02. The standard InChI is InChI=1S/C23H19N5O3/c1-28-10-7-23(31,22(28)30)6-5-15-3-2-4-16(11-15)18-12-17(13-19(27-18)21(24)29)20-14-25-8-9-26-20/h2-4,8-9,11-14,31H,7,10H2,1H3,(H2,24,29)/t23-/m0/s1. The first-order valence-electron chi connectivity index (χ1n) is 9.55. The van der Waals surface area contributed by atoms with E-state index in [0.29, 0.717) is 34.6 Å². The Morgan fingerprint density at radius 1 is 1.19 bits per heavy atom. The molecular weight excluding hydrogens is 394 g/mol. The van der Waals surface area contributed by atoms with E-state index >= 15 is 0 Å². The number of likely N-dealkylation sites (tertiary alicyclic amines) is 1. The summed E-state index contributed by atoms with van der Waals surface area (Å²) in [5.74, 6) is 4.52. The van der Waals surface area contributed by atoms with E-state index in [1.54, 1.807) is 56.0 Å². The molecule has 1 fully saturated rings. The topological polar surface area (TPSA) is 122 Å². The normalized spacial score (nSPS) is 17.9. The molecule has 8 heteroatoms. The minimum atomic E-state index is -1.67. The molecule has 1 aromatic carbocycles. The summed E-state index contributed by atoms with van der Waals surface area (Å²) >= 11 is 0. The van der Waals surface area contributed by atoms with E-state index in [9.17, 15) is 14.7 Å². The molecule has 1 atom stereocenters. The first-order chi connectivity index (χ1) is 14.9. The lowest BCUT2D eigenvalue weighted by Crippen LogP contribution is -2.37. The average Bonchev–Trinajstić information content (AvgIpc) is 3.06. The van der Waals surface area contributed by atoms with E-state index < -0.39 is 17.4 Å².